The van der Waals surface area contributed by atoms with Gasteiger partial charge in [-0.05, 0) is 54.3 Å². The van der Waals surface area contributed by atoms with Crippen molar-refractivity contribution in [3.05, 3.63) is 74.9 Å². The van der Waals surface area contributed by atoms with Crippen LogP contribution < -0.4 is 15.4 Å². The molecule has 2 amide bonds. The summed E-state index contributed by atoms with van der Waals surface area (Å²) in [6.07, 6.45) is 0. The first-order valence-electron chi connectivity index (χ1n) is 9.13. The lowest BCUT2D eigenvalue weighted by Gasteiger charge is -2.12. The van der Waals surface area contributed by atoms with Crippen LogP contribution in [-0.2, 0) is 9.53 Å². The zero-order chi connectivity index (χ0) is 22.4. The van der Waals surface area contributed by atoms with E-state index in [1.807, 2.05) is 5.38 Å². The third kappa shape index (κ3) is 5.84. The summed E-state index contributed by atoms with van der Waals surface area (Å²) in [5.74, 6) is -1.01. The summed E-state index contributed by atoms with van der Waals surface area (Å²) < 4.78 is 10.3. The Morgan fingerprint density at radius 3 is 2.45 bits per heavy atom. The Kier molecular flexibility index (Phi) is 7.28. The van der Waals surface area contributed by atoms with Crippen LogP contribution in [0.5, 0.6) is 5.75 Å². The average molecular weight is 459 g/mol. The van der Waals surface area contributed by atoms with Gasteiger partial charge in [-0.15, -0.1) is 11.3 Å². The summed E-state index contributed by atoms with van der Waals surface area (Å²) in [5.41, 5.74) is 1.98. The van der Waals surface area contributed by atoms with E-state index in [0.29, 0.717) is 27.0 Å². The van der Waals surface area contributed by atoms with E-state index in [9.17, 15) is 14.4 Å². The summed E-state index contributed by atoms with van der Waals surface area (Å²) in [6.45, 7) is 1.32. The first-order chi connectivity index (χ1) is 14.9. The Hall–Kier alpha value is -3.36. The molecule has 0 fully saturated rings. The highest BCUT2D eigenvalue weighted by molar-refractivity contribution is 7.12. The maximum atomic E-state index is 12.2. The van der Waals surface area contributed by atoms with Crippen molar-refractivity contribution in [1.29, 1.82) is 0 Å². The van der Waals surface area contributed by atoms with Gasteiger partial charge in [0.25, 0.3) is 11.8 Å². The molecule has 7 nitrogen and oxygen atoms in total. The number of rotatable bonds is 7. The van der Waals surface area contributed by atoms with Crippen molar-refractivity contribution in [3.8, 4) is 5.75 Å². The van der Waals surface area contributed by atoms with Crippen molar-refractivity contribution in [2.24, 2.45) is 0 Å². The number of hydrogen-bond donors (Lipinski definition) is 2. The number of carbonyl (C=O) groups excluding carboxylic acids is 3. The number of nitrogens with one attached hydrogen (secondary N) is 2. The first-order valence-corrected chi connectivity index (χ1v) is 10.4. The summed E-state index contributed by atoms with van der Waals surface area (Å²) >= 11 is 7.39. The molecule has 0 spiro atoms. The molecule has 0 atom stereocenters. The molecule has 0 aliphatic heterocycles. The van der Waals surface area contributed by atoms with Crippen molar-refractivity contribution in [3.63, 3.8) is 0 Å². The number of thiophene rings is 1. The Morgan fingerprint density at radius 2 is 1.81 bits per heavy atom. The van der Waals surface area contributed by atoms with Crippen LogP contribution >= 0.6 is 22.9 Å². The second-order valence-corrected chi connectivity index (χ2v) is 7.79. The fourth-order valence-corrected chi connectivity index (χ4v) is 3.39. The van der Waals surface area contributed by atoms with Crippen molar-refractivity contribution in [1.82, 2.24) is 0 Å². The van der Waals surface area contributed by atoms with Crippen molar-refractivity contribution in [2.45, 2.75) is 6.92 Å². The van der Waals surface area contributed by atoms with Crippen LogP contribution in [0.15, 0.2) is 53.9 Å². The van der Waals surface area contributed by atoms with E-state index in [2.05, 4.69) is 10.6 Å². The number of ether oxygens (including phenoxy) is 2. The van der Waals surface area contributed by atoms with Gasteiger partial charge in [-0.3, -0.25) is 9.59 Å². The molecule has 31 heavy (non-hydrogen) atoms. The predicted octanol–water partition coefficient (Wildman–Crippen LogP) is 4.77. The van der Waals surface area contributed by atoms with Crippen LogP contribution in [0.4, 0.5) is 11.4 Å². The van der Waals surface area contributed by atoms with E-state index in [4.69, 9.17) is 21.1 Å². The summed E-state index contributed by atoms with van der Waals surface area (Å²) in [7, 11) is 1.46. The van der Waals surface area contributed by atoms with Gasteiger partial charge in [0, 0.05) is 16.8 Å². The molecule has 160 valence electrons. The standard InChI is InChI=1S/C22H19ClN2O5S/c1-13-10-17(18(29-2)11-16(13)23)25-20(26)12-30-22(28)14-5-7-15(8-6-14)24-21(27)19-4-3-9-31-19/h3-11H,12H2,1-2H3,(H,24,27)(H,25,26). The highest BCUT2D eigenvalue weighted by Gasteiger charge is 2.14. The molecule has 2 N–H and O–H groups in total. The maximum absolute atomic E-state index is 12.2. The molecule has 1 heterocycles. The number of benzene rings is 2. The van der Waals surface area contributed by atoms with Crippen LogP contribution in [0.1, 0.15) is 25.6 Å². The molecule has 0 saturated carbocycles. The molecular formula is C22H19ClN2O5S. The topological polar surface area (TPSA) is 93.7 Å². The van der Waals surface area contributed by atoms with Crippen molar-refractivity contribution < 1.29 is 23.9 Å². The van der Waals surface area contributed by atoms with Crippen molar-refractivity contribution >= 4 is 52.1 Å². The minimum absolute atomic E-state index is 0.227. The molecule has 0 unspecified atom stereocenters. The molecule has 3 aromatic rings. The average Bonchev–Trinajstić information content (AvgIpc) is 3.30. The fraction of sp³-hybridized carbons (Fsp3) is 0.136. The lowest BCUT2D eigenvalue weighted by Crippen LogP contribution is -2.21. The number of hydrogen-bond acceptors (Lipinski definition) is 6. The minimum atomic E-state index is -0.662. The Bertz CT molecular complexity index is 1100. The number of amides is 2. The largest absolute Gasteiger partial charge is 0.495 e. The number of aryl methyl sites for hydroxylation is 1. The number of carbonyl (C=O) groups is 3. The highest BCUT2D eigenvalue weighted by atomic mass is 35.5. The van der Waals surface area contributed by atoms with Gasteiger partial charge in [0.1, 0.15) is 5.75 Å². The molecule has 3 rings (SSSR count). The van der Waals surface area contributed by atoms with Gasteiger partial charge in [0.15, 0.2) is 6.61 Å². The molecule has 0 aliphatic carbocycles. The maximum Gasteiger partial charge on any atom is 0.338 e. The van der Waals surface area contributed by atoms with Gasteiger partial charge in [0.2, 0.25) is 0 Å². The monoisotopic (exact) mass is 458 g/mol. The lowest BCUT2D eigenvalue weighted by atomic mass is 10.2. The zero-order valence-corrected chi connectivity index (χ0v) is 18.3. The van der Waals surface area contributed by atoms with Gasteiger partial charge in [-0.25, -0.2) is 4.79 Å². The van der Waals surface area contributed by atoms with Crippen LogP contribution in [0.25, 0.3) is 0 Å². The highest BCUT2D eigenvalue weighted by Crippen LogP contribution is 2.30. The molecule has 0 saturated heterocycles. The van der Waals surface area contributed by atoms with E-state index in [0.717, 1.165) is 5.56 Å². The lowest BCUT2D eigenvalue weighted by molar-refractivity contribution is -0.119. The Labute approximate surface area is 187 Å². The van der Waals surface area contributed by atoms with Crippen LogP contribution in [0.3, 0.4) is 0 Å². The Balaban J connectivity index is 1.54. The first kappa shape index (κ1) is 22.3. The van der Waals surface area contributed by atoms with Gasteiger partial charge in [-0.1, -0.05) is 17.7 Å². The second kappa shape index (κ2) is 10.1. The smallest absolute Gasteiger partial charge is 0.338 e. The number of halogens is 1. The third-order valence-corrected chi connectivity index (χ3v) is 5.49. The SMILES string of the molecule is COc1cc(Cl)c(C)cc1NC(=O)COC(=O)c1ccc(NC(=O)c2cccs2)cc1. The van der Waals surface area contributed by atoms with E-state index in [-0.39, 0.29) is 11.5 Å². The van der Waals surface area contributed by atoms with Gasteiger partial charge >= 0.3 is 5.97 Å². The van der Waals surface area contributed by atoms with Crippen LogP contribution in [-0.4, -0.2) is 31.5 Å². The molecule has 0 aliphatic rings. The van der Waals surface area contributed by atoms with E-state index in [1.54, 1.807) is 43.3 Å². The van der Waals surface area contributed by atoms with Gasteiger partial charge in [-0.2, -0.15) is 0 Å². The molecule has 2 aromatic carbocycles. The van der Waals surface area contributed by atoms with Crippen molar-refractivity contribution in [2.75, 3.05) is 24.4 Å². The quantitative estimate of drug-likeness (QED) is 0.497. The molecule has 0 bridgehead atoms. The second-order valence-electron chi connectivity index (χ2n) is 6.43. The molecule has 9 heteroatoms. The summed E-state index contributed by atoms with van der Waals surface area (Å²) in [4.78, 5) is 37.0. The van der Waals surface area contributed by atoms with Crippen LogP contribution in [0, 0.1) is 6.92 Å². The van der Waals surface area contributed by atoms with E-state index < -0.39 is 18.5 Å². The molecule has 0 radical (unpaired) electrons. The van der Waals surface area contributed by atoms with E-state index in [1.165, 1.54) is 30.6 Å². The molecule has 1 aromatic heterocycles. The zero-order valence-electron chi connectivity index (χ0n) is 16.7. The minimum Gasteiger partial charge on any atom is -0.495 e. The number of esters is 1. The normalized spacial score (nSPS) is 10.3. The van der Waals surface area contributed by atoms with E-state index >= 15 is 0 Å². The number of anilines is 2. The van der Waals surface area contributed by atoms with Gasteiger partial charge < -0.3 is 20.1 Å². The third-order valence-electron chi connectivity index (χ3n) is 4.21. The summed E-state index contributed by atoms with van der Waals surface area (Å²) in [5, 5.41) is 7.70. The van der Waals surface area contributed by atoms with Crippen LogP contribution in [0.2, 0.25) is 5.02 Å². The Morgan fingerprint density at radius 1 is 1.06 bits per heavy atom. The number of methoxy groups -OCH3 is 1. The summed E-state index contributed by atoms with van der Waals surface area (Å²) in [6, 6.07) is 13.0. The fourth-order valence-electron chi connectivity index (χ4n) is 2.62. The molecular weight excluding hydrogens is 440 g/mol. The predicted molar refractivity (Wildman–Crippen MR) is 120 cm³/mol. The van der Waals surface area contributed by atoms with Gasteiger partial charge in [0.05, 0.1) is 23.2 Å².